The SMILES string of the molecule is C=C1C(=O)O[C@H]2[C@H]1CC/C(CN(CCc1ccccn1)C(=O)O)=C\CC[C@@]1(C)O[C@@H]21. The van der Waals surface area contributed by atoms with Crippen LogP contribution in [0.5, 0.6) is 0 Å². The van der Waals surface area contributed by atoms with Crippen LogP contribution in [0.25, 0.3) is 0 Å². The first-order chi connectivity index (χ1) is 14.4. The van der Waals surface area contributed by atoms with E-state index in [2.05, 4.69) is 24.6 Å². The predicted molar refractivity (Wildman–Crippen MR) is 110 cm³/mol. The average Bonchev–Trinajstić information content (AvgIpc) is 3.31. The van der Waals surface area contributed by atoms with Gasteiger partial charge in [-0.15, -0.1) is 0 Å². The first-order valence-corrected chi connectivity index (χ1v) is 10.5. The highest BCUT2D eigenvalue weighted by Gasteiger charge is 2.61. The number of carboxylic acid groups (broad SMARTS) is 1. The van der Waals surface area contributed by atoms with Gasteiger partial charge in [-0.3, -0.25) is 4.98 Å². The molecule has 0 radical (unpaired) electrons. The number of amides is 1. The number of pyridine rings is 1. The molecule has 1 aromatic heterocycles. The van der Waals surface area contributed by atoms with E-state index in [0.717, 1.165) is 24.1 Å². The molecule has 0 spiro atoms. The Balaban J connectivity index is 1.45. The zero-order valence-electron chi connectivity index (χ0n) is 17.3. The number of aromatic nitrogens is 1. The maximum Gasteiger partial charge on any atom is 0.407 e. The van der Waals surface area contributed by atoms with Gasteiger partial charge in [-0.2, -0.15) is 0 Å². The zero-order chi connectivity index (χ0) is 21.3. The summed E-state index contributed by atoms with van der Waals surface area (Å²) in [5.74, 6) is -0.423. The summed E-state index contributed by atoms with van der Waals surface area (Å²) in [6.45, 7) is 6.72. The van der Waals surface area contributed by atoms with Crippen LogP contribution < -0.4 is 0 Å². The van der Waals surface area contributed by atoms with Gasteiger partial charge in [0, 0.05) is 42.9 Å². The van der Waals surface area contributed by atoms with Crippen molar-refractivity contribution in [1.29, 1.82) is 0 Å². The van der Waals surface area contributed by atoms with Crippen molar-refractivity contribution in [3.8, 4) is 0 Å². The van der Waals surface area contributed by atoms with E-state index in [4.69, 9.17) is 9.47 Å². The Hall–Kier alpha value is -2.67. The molecule has 1 aliphatic carbocycles. The molecule has 2 fully saturated rings. The third kappa shape index (κ3) is 4.26. The summed E-state index contributed by atoms with van der Waals surface area (Å²) in [4.78, 5) is 29.6. The minimum atomic E-state index is -0.942. The molecule has 7 nitrogen and oxygen atoms in total. The molecule has 1 amide bonds. The second-order valence-electron chi connectivity index (χ2n) is 8.57. The van der Waals surface area contributed by atoms with E-state index < -0.39 is 6.09 Å². The van der Waals surface area contributed by atoms with Crippen LogP contribution in [-0.2, 0) is 20.7 Å². The molecule has 160 valence electrons. The zero-order valence-corrected chi connectivity index (χ0v) is 17.3. The maximum atomic E-state index is 12.1. The summed E-state index contributed by atoms with van der Waals surface area (Å²) in [6.07, 6.45) is 6.15. The molecule has 1 N–H and O–H groups in total. The molecule has 0 bridgehead atoms. The van der Waals surface area contributed by atoms with Crippen LogP contribution in [0.3, 0.4) is 0 Å². The van der Waals surface area contributed by atoms with Crippen LogP contribution in [0.15, 0.2) is 48.2 Å². The van der Waals surface area contributed by atoms with Crippen molar-refractivity contribution in [3.05, 3.63) is 53.9 Å². The quantitative estimate of drug-likeness (QED) is 0.345. The van der Waals surface area contributed by atoms with E-state index in [-0.39, 0.29) is 29.7 Å². The molecule has 0 saturated carbocycles. The highest BCUT2D eigenvalue weighted by atomic mass is 16.6. The fourth-order valence-electron chi connectivity index (χ4n) is 4.55. The highest BCUT2D eigenvalue weighted by molar-refractivity contribution is 5.91. The molecule has 0 unspecified atom stereocenters. The van der Waals surface area contributed by atoms with Gasteiger partial charge in [-0.25, -0.2) is 9.59 Å². The van der Waals surface area contributed by atoms with Crippen LogP contribution in [0, 0.1) is 5.92 Å². The number of hydrogen-bond acceptors (Lipinski definition) is 5. The number of ether oxygens (including phenoxy) is 2. The van der Waals surface area contributed by atoms with Gasteiger partial charge in [0.2, 0.25) is 0 Å². The van der Waals surface area contributed by atoms with Crippen molar-refractivity contribution in [2.24, 2.45) is 5.92 Å². The van der Waals surface area contributed by atoms with Gasteiger partial charge in [0.1, 0.15) is 12.2 Å². The third-order valence-electron chi connectivity index (χ3n) is 6.47. The van der Waals surface area contributed by atoms with Gasteiger partial charge in [0.15, 0.2) is 0 Å². The van der Waals surface area contributed by atoms with Gasteiger partial charge in [0.05, 0.1) is 5.60 Å². The lowest BCUT2D eigenvalue weighted by Crippen LogP contribution is -2.34. The molecular weight excluding hydrogens is 384 g/mol. The number of nitrogens with zero attached hydrogens (tertiary/aromatic N) is 2. The summed E-state index contributed by atoms with van der Waals surface area (Å²) >= 11 is 0. The van der Waals surface area contributed by atoms with Crippen LogP contribution >= 0.6 is 0 Å². The number of carbonyl (C=O) groups excluding carboxylic acids is 1. The maximum absolute atomic E-state index is 12.1. The predicted octanol–water partition coefficient (Wildman–Crippen LogP) is 3.36. The lowest BCUT2D eigenvalue weighted by Gasteiger charge is -2.24. The summed E-state index contributed by atoms with van der Waals surface area (Å²) in [5.41, 5.74) is 2.14. The fourth-order valence-corrected chi connectivity index (χ4v) is 4.55. The lowest BCUT2D eigenvalue weighted by atomic mass is 9.84. The summed E-state index contributed by atoms with van der Waals surface area (Å²) in [7, 11) is 0. The van der Waals surface area contributed by atoms with Crippen molar-refractivity contribution >= 4 is 12.1 Å². The Labute approximate surface area is 176 Å². The van der Waals surface area contributed by atoms with Gasteiger partial charge >= 0.3 is 12.1 Å². The van der Waals surface area contributed by atoms with E-state index in [1.807, 2.05) is 18.2 Å². The second-order valence-corrected chi connectivity index (χ2v) is 8.57. The number of allylic oxidation sites excluding steroid dienone is 1. The van der Waals surface area contributed by atoms with Crippen LogP contribution in [0.1, 0.15) is 38.3 Å². The Bertz CT molecular complexity index is 868. The molecule has 1 aromatic rings. The van der Waals surface area contributed by atoms with Gasteiger partial charge in [-0.1, -0.05) is 24.3 Å². The van der Waals surface area contributed by atoms with Crippen molar-refractivity contribution in [2.75, 3.05) is 13.1 Å². The lowest BCUT2D eigenvalue weighted by molar-refractivity contribution is -0.140. The van der Waals surface area contributed by atoms with E-state index in [1.165, 1.54) is 4.90 Å². The summed E-state index contributed by atoms with van der Waals surface area (Å²) in [5, 5.41) is 9.70. The summed E-state index contributed by atoms with van der Waals surface area (Å²) < 4.78 is 11.5. The van der Waals surface area contributed by atoms with Crippen LogP contribution in [0.2, 0.25) is 0 Å². The topological polar surface area (TPSA) is 92.3 Å². The van der Waals surface area contributed by atoms with Crippen molar-refractivity contribution in [3.63, 3.8) is 0 Å². The Morgan fingerprint density at radius 2 is 2.27 bits per heavy atom. The van der Waals surface area contributed by atoms with E-state index in [1.54, 1.807) is 6.20 Å². The minimum Gasteiger partial charge on any atom is -0.465 e. The van der Waals surface area contributed by atoms with Crippen LogP contribution in [-0.4, -0.2) is 58.0 Å². The molecule has 3 aliphatic rings. The Morgan fingerprint density at radius 3 is 3.00 bits per heavy atom. The van der Waals surface area contributed by atoms with Crippen molar-refractivity contribution in [2.45, 2.75) is 56.8 Å². The number of epoxide rings is 1. The normalized spacial score (nSPS) is 32.3. The number of rotatable bonds is 5. The molecule has 0 aromatic carbocycles. The fraction of sp³-hybridized carbons (Fsp3) is 0.522. The number of esters is 1. The van der Waals surface area contributed by atoms with E-state index in [0.29, 0.717) is 37.9 Å². The summed E-state index contributed by atoms with van der Waals surface area (Å²) in [6, 6.07) is 5.65. The molecule has 4 atom stereocenters. The monoisotopic (exact) mass is 412 g/mol. The molecular formula is C23H28N2O5. The standard InChI is InChI=1S/C23H28N2O5/c1-15-18-9-8-16(6-5-11-23(2)20(30-23)19(18)29-21(15)26)14-25(22(27)28)13-10-17-7-3-4-12-24-17/h3-4,6-7,12,18-20H,1,5,8-11,13-14H2,2H3,(H,27,28)/b16-6+/t18-,19-,20-,23+/m0/s1. The van der Waals surface area contributed by atoms with Gasteiger partial charge in [-0.05, 0) is 44.7 Å². The Morgan fingerprint density at radius 1 is 1.43 bits per heavy atom. The number of hydrogen-bond donors (Lipinski definition) is 1. The van der Waals surface area contributed by atoms with Gasteiger partial charge in [0.25, 0.3) is 0 Å². The third-order valence-corrected chi connectivity index (χ3v) is 6.47. The largest absolute Gasteiger partial charge is 0.465 e. The van der Waals surface area contributed by atoms with Crippen molar-refractivity contribution < 1.29 is 24.2 Å². The van der Waals surface area contributed by atoms with E-state index in [9.17, 15) is 14.7 Å². The van der Waals surface area contributed by atoms with Crippen molar-refractivity contribution in [1.82, 2.24) is 9.88 Å². The molecule has 2 saturated heterocycles. The Kier molecular flexibility index (Phi) is 5.64. The molecule has 2 aliphatic heterocycles. The minimum absolute atomic E-state index is 0.0745. The number of fused-ring (bicyclic) bond motifs is 3. The first-order valence-electron chi connectivity index (χ1n) is 10.5. The van der Waals surface area contributed by atoms with Gasteiger partial charge < -0.3 is 19.5 Å². The molecule has 7 heteroatoms. The van der Waals surface area contributed by atoms with Crippen LogP contribution in [0.4, 0.5) is 4.79 Å². The smallest absolute Gasteiger partial charge is 0.407 e. The number of carbonyl (C=O) groups is 2. The molecule has 30 heavy (non-hydrogen) atoms. The first kappa shape index (κ1) is 20.6. The highest BCUT2D eigenvalue weighted by Crippen LogP contribution is 2.49. The van der Waals surface area contributed by atoms with E-state index >= 15 is 0 Å². The molecule has 4 rings (SSSR count). The average molecular weight is 412 g/mol. The molecule has 3 heterocycles. The second kappa shape index (κ2) is 8.22.